The number of nitrogens with zero attached hydrogens (tertiary/aromatic N) is 8. The van der Waals surface area contributed by atoms with E-state index in [9.17, 15) is 14.4 Å². The molecule has 6 aromatic rings. The minimum Gasteiger partial charge on any atom is -0.379 e. The second-order valence-electron chi connectivity index (χ2n) is 14.4. The fourth-order valence-corrected chi connectivity index (χ4v) is 6.86. The van der Waals surface area contributed by atoms with Gasteiger partial charge in [0.05, 0.1) is 50.2 Å². The molecule has 4 aromatic carbocycles. The van der Waals surface area contributed by atoms with Crippen molar-refractivity contribution in [2.45, 2.75) is 26.7 Å². The maximum absolute atomic E-state index is 13.1. The van der Waals surface area contributed by atoms with Crippen molar-refractivity contribution < 1.29 is 23.9 Å². The fourth-order valence-electron chi connectivity index (χ4n) is 6.86. The highest BCUT2D eigenvalue weighted by Gasteiger charge is 2.15. The molecule has 0 unspecified atom stereocenters. The number of carbonyl (C=O) groups is 3. The summed E-state index contributed by atoms with van der Waals surface area (Å²) < 4.78 is 14.1. The van der Waals surface area contributed by atoms with E-state index in [1.165, 1.54) is 0 Å². The van der Waals surface area contributed by atoms with Gasteiger partial charge in [-0.3, -0.25) is 19.4 Å². The molecule has 2 aromatic heterocycles. The maximum Gasteiger partial charge on any atom is 0.323 e. The second kappa shape index (κ2) is 21.6. The summed E-state index contributed by atoms with van der Waals surface area (Å²) in [4.78, 5) is 42.5. The maximum atomic E-state index is 13.1. The predicted molar refractivity (Wildman–Crippen MR) is 239 cm³/mol. The summed E-state index contributed by atoms with van der Waals surface area (Å²) >= 11 is 0. The molecule has 4 amide bonds. The smallest absolute Gasteiger partial charge is 0.323 e. The van der Waals surface area contributed by atoms with Gasteiger partial charge >= 0.3 is 6.03 Å². The Morgan fingerprint density at radius 2 is 0.935 bits per heavy atom. The van der Waals surface area contributed by atoms with Gasteiger partial charge in [-0.1, -0.05) is 48.5 Å². The molecule has 2 aliphatic rings. The Morgan fingerprint density at radius 1 is 0.532 bits per heavy atom. The average molecular weight is 841 g/mol. The number of carbonyl (C=O) groups excluding carboxylic acids is 3. The first-order valence-electron chi connectivity index (χ1n) is 20.9. The minimum atomic E-state index is -0.418. The topological polar surface area (TPSA) is 186 Å². The van der Waals surface area contributed by atoms with Gasteiger partial charge in [-0.05, 0) is 72.8 Å². The summed E-state index contributed by atoms with van der Waals surface area (Å²) in [7, 11) is 0. The number of morpholine rings is 2. The zero-order chi connectivity index (χ0) is 43.1. The van der Waals surface area contributed by atoms with Crippen LogP contribution in [-0.2, 0) is 19.1 Å². The van der Waals surface area contributed by atoms with E-state index in [1.807, 2.05) is 98.8 Å². The summed E-state index contributed by atoms with van der Waals surface area (Å²) in [5.74, 6) is -0.0677. The number of amides is 4. The molecule has 62 heavy (non-hydrogen) atoms. The van der Waals surface area contributed by atoms with Crippen LogP contribution in [0.15, 0.2) is 109 Å². The normalized spacial score (nSPS) is 14.3. The number of urea groups is 1. The highest BCUT2D eigenvalue weighted by Crippen LogP contribution is 2.25. The lowest BCUT2D eigenvalue weighted by atomic mass is 10.1. The monoisotopic (exact) mass is 840 g/mol. The van der Waals surface area contributed by atoms with Crippen LogP contribution in [0.25, 0.3) is 33.9 Å². The summed E-state index contributed by atoms with van der Waals surface area (Å²) in [5.41, 5.74) is 6.92. The molecule has 2 fully saturated rings. The summed E-state index contributed by atoms with van der Waals surface area (Å²) in [6.45, 7) is 11.6. The molecule has 0 aliphatic carbocycles. The molecule has 4 N–H and O–H groups in total. The summed E-state index contributed by atoms with van der Waals surface area (Å²) in [6.07, 6.45) is 4.45. The van der Waals surface area contributed by atoms with Crippen molar-refractivity contribution in [3.63, 3.8) is 0 Å². The lowest BCUT2D eigenvalue weighted by molar-refractivity contribution is -0.117. The van der Waals surface area contributed by atoms with Crippen molar-refractivity contribution in [1.82, 2.24) is 39.8 Å². The number of anilines is 4. The number of aromatic nitrogens is 6. The number of benzene rings is 4. The molecule has 4 heterocycles. The molecule has 0 atom stereocenters. The predicted octanol–water partition coefficient (Wildman–Crippen LogP) is 6.17. The van der Waals surface area contributed by atoms with Crippen LogP contribution < -0.4 is 21.3 Å². The van der Waals surface area contributed by atoms with Gasteiger partial charge in [-0.15, -0.1) is 10.2 Å². The van der Waals surface area contributed by atoms with Gasteiger partial charge in [0, 0.05) is 86.0 Å². The van der Waals surface area contributed by atoms with E-state index < -0.39 is 6.03 Å². The molecule has 2 aliphatic heterocycles. The number of rotatable bonds is 14. The third kappa shape index (κ3) is 12.2. The third-order valence-corrected chi connectivity index (χ3v) is 10.2. The van der Waals surface area contributed by atoms with Crippen molar-refractivity contribution in [1.29, 1.82) is 0 Å². The number of hydrogen-bond donors (Lipinski definition) is 4. The molecule has 17 nitrogen and oxygen atoms in total. The van der Waals surface area contributed by atoms with Crippen molar-refractivity contribution in [3.8, 4) is 33.9 Å². The van der Waals surface area contributed by atoms with Gasteiger partial charge in [-0.25, -0.2) is 14.2 Å². The van der Waals surface area contributed by atoms with Crippen LogP contribution in [0.3, 0.4) is 0 Å². The Morgan fingerprint density at radius 3 is 1.34 bits per heavy atom. The largest absolute Gasteiger partial charge is 0.379 e. The Kier molecular flexibility index (Phi) is 15.1. The zero-order valence-electron chi connectivity index (χ0n) is 35.0. The van der Waals surface area contributed by atoms with Crippen LogP contribution in [0.5, 0.6) is 0 Å². The minimum absolute atomic E-state index is 0.0339. The Hall–Kier alpha value is -6.79. The van der Waals surface area contributed by atoms with Gasteiger partial charge in [0.2, 0.25) is 11.8 Å². The molecule has 322 valence electrons. The van der Waals surface area contributed by atoms with E-state index in [4.69, 9.17) is 9.47 Å². The van der Waals surface area contributed by atoms with Crippen molar-refractivity contribution in [2.75, 3.05) is 87.0 Å². The molecule has 2 saturated heterocycles. The zero-order valence-corrected chi connectivity index (χ0v) is 35.0. The van der Waals surface area contributed by atoms with Gasteiger partial charge in [0.25, 0.3) is 0 Å². The lowest BCUT2D eigenvalue weighted by Gasteiger charge is -2.26. The van der Waals surface area contributed by atoms with E-state index in [0.717, 1.165) is 48.7 Å². The van der Waals surface area contributed by atoms with Crippen molar-refractivity contribution >= 4 is 40.6 Å². The molecule has 0 spiro atoms. The first-order chi connectivity index (χ1) is 30.4. The van der Waals surface area contributed by atoms with Crippen molar-refractivity contribution in [2.24, 2.45) is 0 Å². The molecular formula is C45H52N12O5. The molecule has 0 radical (unpaired) electrons. The van der Waals surface area contributed by atoms with Gasteiger partial charge in [0.15, 0.2) is 0 Å². The van der Waals surface area contributed by atoms with Crippen LogP contribution in [0, 0.1) is 0 Å². The van der Waals surface area contributed by atoms with E-state index in [2.05, 4.69) is 51.7 Å². The van der Waals surface area contributed by atoms with Gasteiger partial charge in [-0.2, -0.15) is 0 Å². The van der Waals surface area contributed by atoms with E-state index in [-0.39, 0.29) is 11.8 Å². The summed E-state index contributed by atoms with van der Waals surface area (Å²) in [5, 5.41) is 29.0. The molecule has 0 bridgehead atoms. The standard InChI is InChI=1S/C43H46N12O5.C2H6/c56-41(15-17-52-19-23-59-24-20-52)44-33-7-11-37(12-8-33)54-29-39(48-50-54)31-3-1-5-35(27-31)46-43(58)47-36-6-2-4-32(28-36)40-30-55(51-49-40)38-13-9-34(10-14-38)45-42(57)16-18-53-21-25-60-26-22-53;1-2/h1-14,27-30H,15-26H2,(H,44,56)(H,45,57)(H2,46,47,58);1-2H3. The number of nitrogens with one attached hydrogen (secondary N) is 4. The first kappa shape index (κ1) is 43.3. The number of hydrogen-bond acceptors (Lipinski definition) is 11. The second-order valence-corrected chi connectivity index (χ2v) is 14.4. The Balaban J connectivity index is 0.00000285. The van der Waals surface area contributed by atoms with E-state index >= 15 is 0 Å². The van der Waals surface area contributed by atoms with E-state index in [1.54, 1.807) is 33.9 Å². The first-order valence-corrected chi connectivity index (χ1v) is 20.9. The van der Waals surface area contributed by atoms with Gasteiger partial charge < -0.3 is 30.7 Å². The van der Waals surface area contributed by atoms with Crippen LogP contribution in [0.2, 0.25) is 0 Å². The third-order valence-electron chi connectivity index (χ3n) is 10.2. The Bertz CT molecular complexity index is 2220. The van der Waals surface area contributed by atoms with E-state index in [0.29, 0.717) is 86.5 Å². The number of ether oxygens (including phenoxy) is 2. The van der Waals surface area contributed by atoms with Gasteiger partial charge in [0.1, 0.15) is 11.4 Å². The molecule has 8 rings (SSSR count). The highest BCUT2D eigenvalue weighted by molar-refractivity contribution is 6.00. The van der Waals surface area contributed by atoms with Crippen LogP contribution in [-0.4, -0.2) is 123 Å². The van der Waals surface area contributed by atoms with Crippen molar-refractivity contribution in [3.05, 3.63) is 109 Å². The SMILES string of the molecule is CC.O=C(CCN1CCOCC1)Nc1ccc(-n2cc(-c3cccc(NC(=O)Nc4cccc(-c5cn(-c6ccc(NC(=O)CCN7CCOCC7)cc6)nn5)c4)c3)nn2)cc1. The van der Waals surface area contributed by atoms with Crippen LogP contribution >= 0.6 is 0 Å². The molecule has 17 heteroatoms. The fraction of sp³-hybridized carbons (Fsp3) is 0.311. The lowest BCUT2D eigenvalue weighted by Crippen LogP contribution is -2.38. The summed E-state index contributed by atoms with van der Waals surface area (Å²) in [6, 6.07) is 29.1. The average Bonchev–Trinajstić information content (AvgIpc) is 4.02. The van der Waals surface area contributed by atoms with Crippen LogP contribution in [0.1, 0.15) is 26.7 Å². The molecule has 0 saturated carbocycles. The Labute approximate surface area is 360 Å². The quantitative estimate of drug-likeness (QED) is 0.0983. The van der Waals surface area contributed by atoms with Crippen LogP contribution in [0.4, 0.5) is 27.5 Å². The highest BCUT2D eigenvalue weighted by atomic mass is 16.5. The molecular weight excluding hydrogens is 789 g/mol.